The monoisotopic (exact) mass is 283 g/mol. The molecule has 0 atom stereocenters. The topological polar surface area (TPSA) is 50.9 Å². The minimum absolute atomic E-state index is 0.220. The SMILES string of the molecule is Cc1cc(F)ccc1-c1nnc(CO)n1-c1ccccc1. The van der Waals surface area contributed by atoms with Gasteiger partial charge in [0.2, 0.25) is 0 Å². The normalized spacial score (nSPS) is 10.8. The Morgan fingerprint density at radius 1 is 1.10 bits per heavy atom. The minimum Gasteiger partial charge on any atom is -0.388 e. The molecule has 0 saturated heterocycles. The van der Waals surface area contributed by atoms with Crippen molar-refractivity contribution < 1.29 is 9.50 Å². The van der Waals surface area contributed by atoms with Crippen LogP contribution < -0.4 is 0 Å². The first-order valence-electron chi connectivity index (χ1n) is 6.58. The largest absolute Gasteiger partial charge is 0.388 e. The molecule has 2 aromatic carbocycles. The standard InChI is InChI=1S/C16H14FN3O/c1-11-9-12(17)7-8-14(11)16-19-18-15(10-21)20(16)13-5-3-2-4-6-13/h2-9,21H,10H2,1H3. The van der Waals surface area contributed by atoms with Crippen LogP contribution in [0.2, 0.25) is 0 Å². The zero-order valence-corrected chi connectivity index (χ0v) is 11.5. The molecule has 0 radical (unpaired) electrons. The number of para-hydroxylation sites is 1. The van der Waals surface area contributed by atoms with Crippen molar-refractivity contribution in [1.82, 2.24) is 14.8 Å². The van der Waals surface area contributed by atoms with E-state index >= 15 is 0 Å². The first kappa shape index (κ1) is 13.5. The van der Waals surface area contributed by atoms with Gasteiger partial charge in [-0.15, -0.1) is 10.2 Å². The second kappa shape index (κ2) is 5.46. The number of benzene rings is 2. The van der Waals surface area contributed by atoms with Crippen LogP contribution in [0.25, 0.3) is 17.1 Å². The highest BCUT2D eigenvalue weighted by Gasteiger charge is 2.16. The summed E-state index contributed by atoms with van der Waals surface area (Å²) in [5.74, 6) is 0.743. The number of nitrogens with zero attached hydrogens (tertiary/aromatic N) is 3. The zero-order valence-electron chi connectivity index (χ0n) is 11.5. The molecule has 1 heterocycles. The van der Waals surface area contributed by atoms with E-state index in [9.17, 15) is 9.50 Å². The number of hydrogen-bond acceptors (Lipinski definition) is 3. The fraction of sp³-hybridized carbons (Fsp3) is 0.125. The average Bonchev–Trinajstić information content (AvgIpc) is 2.92. The maximum Gasteiger partial charge on any atom is 0.168 e. The number of aliphatic hydroxyl groups excluding tert-OH is 1. The molecule has 1 N–H and O–H groups in total. The Hall–Kier alpha value is -2.53. The molecule has 4 nitrogen and oxygen atoms in total. The summed E-state index contributed by atoms with van der Waals surface area (Å²) in [5, 5.41) is 17.6. The minimum atomic E-state index is -0.288. The maximum absolute atomic E-state index is 13.3. The van der Waals surface area contributed by atoms with Gasteiger partial charge in [0.05, 0.1) is 0 Å². The Bertz CT molecular complexity index is 768. The molecule has 0 saturated carbocycles. The molecule has 0 aliphatic rings. The van der Waals surface area contributed by atoms with Crippen molar-refractivity contribution in [3.05, 3.63) is 65.7 Å². The number of aryl methyl sites for hydroxylation is 1. The van der Waals surface area contributed by atoms with Crippen LogP contribution in [-0.2, 0) is 6.61 Å². The Balaban J connectivity index is 2.22. The third-order valence-corrected chi connectivity index (χ3v) is 3.32. The molecule has 1 aromatic heterocycles. The fourth-order valence-electron chi connectivity index (χ4n) is 2.32. The summed E-state index contributed by atoms with van der Waals surface area (Å²) in [7, 11) is 0. The Kier molecular flexibility index (Phi) is 3.50. The number of halogens is 1. The van der Waals surface area contributed by atoms with Gasteiger partial charge in [0.1, 0.15) is 12.4 Å². The summed E-state index contributed by atoms with van der Waals surface area (Å²) in [5.41, 5.74) is 2.40. The Labute approximate surface area is 121 Å². The molecule has 0 aliphatic heterocycles. The average molecular weight is 283 g/mol. The second-order valence-corrected chi connectivity index (χ2v) is 4.73. The predicted octanol–water partition coefficient (Wildman–Crippen LogP) is 2.87. The lowest BCUT2D eigenvalue weighted by Gasteiger charge is -2.11. The van der Waals surface area contributed by atoms with Crippen LogP contribution in [0.1, 0.15) is 11.4 Å². The molecule has 106 valence electrons. The van der Waals surface area contributed by atoms with E-state index in [1.807, 2.05) is 37.3 Å². The molecule has 0 fully saturated rings. The van der Waals surface area contributed by atoms with Gasteiger partial charge in [-0.3, -0.25) is 4.57 Å². The number of aliphatic hydroxyl groups is 1. The first-order chi connectivity index (χ1) is 10.2. The molecule has 0 aliphatic carbocycles. The van der Waals surface area contributed by atoms with Crippen molar-refractivity contribution in [2.75, 3.05) is 0 Å². The van der Waals surface area contributed by atoms with E-state index < -0.39 is 0 Å². The van der Waals surface area contributed by atoms with Crippen molar-refractivity contribution in [2.45, 2.75) is 13.5 Å². The smallest absolute Gasteiger partial charge is 0.168 e. The van der Waals surface area contributed by atoms with Gasteiger partial charge in [-0.25, -0.2) is 4.39 Å². The van der Waals surface area contributed by atoms with Crippen LogP contribution in [0.3, 0.4) is 0 Å². The van der Waals surface area contributed by atoms with E-state index in [1.54, 1.807) is 10.6 Å². The van der Waals surface area contributed by atoms with Crippen LogP contribution >= 0.6 is 0 Å². The van der Waals surface area contributed by atoms with E-state index in [1.165, 1.54) is 12.1 Å². The van der Waals surface area contributed by atoms with E-state index in [2.05, 4.69) is 10.2 Å². The summed E-state index contributed by atoms with van der Waals surface area (Å²) >= 11 is 0. The number of hydrogen-bond donors (Lipinski definition) is 1. The van der Waals surface area contributed by atoms with Crippen LogP contribution in [0.4, 0.5) is 4.39 Å². The van der Waals surface area contributed by atoms with Crippen molar-refractivity contribution in [3.63, 3.8) is 0 Å². The molecule has 0 unspecified atom stereocenters. The third kappa shape index (κ3) is 2.43. The zero-order chi connectivity index (χ0) is 14.8. The van der Waals surface area contributed by atoms with Gasteiger partial charge in [-0.2, -0.15) is 0 Å². The highest BCUT2D eigenvalue weighted by Crippen LogP contribution is 2.26. The van der Waals surface area contributed by atoms with Gasteiger partial charge >= 0.3 is 0 Å². The highest BCUT2D eigenvalue weighted by molar-refractivity contribution is 5.62. The molecule has 0 amide bonds. The van der Waals surface area contributed by atoms with Crippen LogP contribution in [-0.4, -0.2) is 19.9 Å². The number of rotatable bonds is 3. The van der Waals surface area contributed by atoms with Crippen molar-refractivity contribution in [1.29, 1.82) is 0 Å². The predicted molar refractivity (Wildman–Crippen MR) is 77.4 cm³/mol. The second-order valence-electron chi connectivity index (χ2n) is 4.73. The van der Waals surface area contributed by atoms with E-state index in [0.717, 1.165) is 16.8 Å². The fourth-order valence-corrected chi connectivity index (χ4v) is 2.32. The molecular formula is C16H14FN3O. The van der Waals surface area contributed by atoms with Gasteiger partial charge < -0.3 is 5.11 Å². The molecular weight excluding hydrogens is 269 g/mol. The Morgan fingerprint density at radius 3 is 2.52 bits per heavy atom. The summed E-state index contributed by atoms with van der Waals surface area (Å²) in [6, 6.07) is 14.1. The highest BCUT2D eigenvalue weighted by atomic mass is 19.1. The van der Waals surface area contributed by atoms with Crippen molar-refractivity contribution in [2.24, 2.45) is 0 Å². The van der Waals surface area contributed by atoms with E-state index in [4.69, 9.17) is 0 Å². The van der Waals surface area contributed by atoms with Crippen LogP contribution in [0, 0.1) is 12.7 Å². The Morgan fingerprint density at radius 2 is 1.86 bits per heavy atom. The summed E-state index contributed by atoms with van der Waals surface area (Å²) < 4.78 is 15.1. The third-order valence-electron chi connectivity index (χ3n) is 3.32. The van der Waals surface area contributed by atoms with Gasteiger partial charge in [0, 0.05) is 11.3 Å². The lowest BCUT2D eigenvalue weighted by Crippen LogP contribution is -2.03. The van der Waals surface area contributed by atoms with Gasteiger partial charge in [0.15, 0.2) is 11.6 Å². The molecule has 0 bridgehead atoms. The van der Waals surface area contributed by atoms with Crippen LogP contribution in [0.15, 0.2) is 48.5 Å². The summed E-state index contributed by atoms with van der Waals surface area (Å²) in [4.78, 5) is 0. The lowest BCUT2D eigenvalue weighted by atomic mass is 10.1. The lowest BCUT2D eigenvalue weighted by molar-refractivity contribution is 0.269. The molecule has 21 heavy (non-hydrogen) atoms. The molecule has 3 rings (SSSR count). The van der Waals surface area contributed by atoms with Gasteiger partial charge in [-0.05, 0) is 42.8 Å². The quantitative estimate of drug-likeness (QED) is 0.804. The maximum atomic E-state index is 13.3. The number of aromatic nitrogens is 3. The summed E-state index contributed by atoms with van der Waals surface area (Å²) in [6.07, 6.45) is 0. The first-order valence-corrected chi connectivity index (χ1v) is 6.58. The van der Waals surface area contributed by atoms with E-state index in [-0.39, 0.29) is 12.4 Å². The molecule has 5 heteroatoms. The van der Waals surface area contributed by atoms with E-state index in [0.29, 0.717) is 11.6 Å². The molecule has 3 aromatic rings. The van der Waals surface area contributed by atoms with Gasteiger partial charge in [0.25, 0.3) is 0 Å². The van der Waals surface area contributed by atoms with Crippen molar-refractivity contribution >= 4 is 0 Å². The van der Waals surface area contributed by atoms with Gasteiger partial charge in [-0.1, -0.05) is 18.2 Å². The molecule has 0 spiro atoms. The summed E-state index contributed by atoms with van der Waals surface area (Å²) in [6.45, 7) is 1.60. The van der Waals surface area contributed by atoms with Crippen molar-refractivity contribution in [3.8, 4) is 17.1 Å². The van der Waals surface area contributed by atoms with Crippen LogP contribution in [0.5, 0.6) is 0 Å².